The van der Waals surface area contributed by atoms with Gasteiger partial charge in [0.1, 0.15) is 0 Å². The number of ether oxygens (including phenoxy) is 1. The lowest BCUT2D eigenvalue weighted by atomic mass is 10.1. The number of methoxy groups -OCH3 is 1. The summed E-state index contributed by atoms with van der Waals surface area (Å²) in [6.07, 6.45) is 0. The Hall–Kier alpha value is -1.97. The summed E-state index contributed by atoms with van der Waals surface area (Å²) in [4.78, 5) is 0. The van der Waals surface area contributed by atoms with Crippen molar-refractivity contribution in [2.45, 2.75) is 6.92 Å². The summed E-state index contributed by atoms with van der Waals surface area (Å²) in [6.45, 7) is 3.08. The molecular weight excluding hydrogens is 260 g/mol. The Kier molecular flexibility index (Phi) is 6.50. The van der Waals surface area contributed by atoms with Crippen LogP contribution in [0.15, 0.2) is 29.4 Å². The lowest BCUT2D eigenvalue weighted by molar-refractivity contribution is 0.204. The lowest BCUT2D eigenvalue weighted by Gasteiger charge is -2.07. The Morgan fingerprint density at radius 2 is 2.11 bits per heavy atom. The summed E-state index contributed by atoms with van der Waals surface area (Å²) < 4.78 is 4.90. The molecule has 0 aromatic heterocycles. The van der Waals surface area contributed by atoms with Crippen molar-refractivity contribution in [2.24, 2.45) is 5.10 Å². The summed E-state index contributed by atoms with van der Waals surface area (Å²) in [6, 6.07) is 9.28. The molecular formula is C13H16N4OS. The van der Waals surface area contributed by atoms with Gasteiger partial charge in [-0.15, -0.1) is 0 Å². The number of hydrogen-bond acceptors (Lipinski definition) is 4. The first kappa shape index (κ1) is 15.1. The van der Waals surface area contributed by atoms with Crippen molar-refractivity contribution in [3.8, 4) is 6.07 Å². The zero-order chi connectivity index (χ0) is 14.1. The zero-order valence-corrected chi connectivity index (χ0v) is 11.8. The van der Waals surface area contributed by atoms with E-state index in [4.69, 9.17) is 22.2 Å². The van der Waals surface area contributed by atoms with Gasteiger partial charge in [0.15, 0.2) is 5.11 Å². The number of nitriles is 1. The van der Waals surface area contributed by atoms with E-state index in [1.807, 2.05) is 19.1 Å². The normalized spacial score (nSPS) is 10.7. The third-order valence-corrected chi connectivity index (χ3v) is 2.58. The molecule has 1 aromatic carbocycles. The first-order valence-corrected chi connectivity index (χ1v) is 6.16. The number of rotatable bonds is 5. The predicted octanol–water partition coefficient (Wildman–Crippen LogP) is 1.39. The Balaban J connectivity index is 2.52. The molecule has 0 bridgehead atoms. The predicted molar refractivity (Wildman–Crippen MR) is 79.0 cm³/mol. The topological polar surface area (TPSA) is 69.4 Å². The third-order valence-electron chi connectivity index (χ3n) is 2.35. The fourth-order valence-electron chi connectivity index (χ4n) is 1.29. The third kappa shape index (κ3) is 5.46. The number of nitrogens with zero attached hydrogens (tertiary/aromatic N) is 2. The van der Waals surface area contributed by atoms with Gasteiger partial charge >= 0.3 is 0 Å². The molecule has 6 heteroatoms. The van der Waals surface area contributed by atoms with Crippen LogP contribution in [0.2, 0.25) is 0 Å². The molecule has 0 aliphatic carbocycles. The number of hydrazone groups is 1. The maximum absolute atomic E-state index is 8.72. The van der Waals surface area contributed by atoms with E-state index in [1.165, 1.54) is 0 Å². The zero-order valence-electron chi connectivity index (χ0n) is 10.9. The fraction of sp³-hybridized carbons (Fsp3) is 0.308. The smallest absolute Gasteiger partial charge is 0.187 e. The molecule has 0 fully saturated rings. The average Bonchev–Trinajstić information content (AvgIpc) is 2.45. The molecule has 2 N–H and O–H groups in total. The van der Waals surface area contributed by atoms with Gasteiger partial charge < -0.3 is 10.1 Å². The summed E-state index contributed by atoms with van der Waals surface area (Å²) in [5.41, 5.74) is 5.11. The molecule has 1 rings (SSSR count). The van der Waals surface area contributed by atoms with E-state index in [-0.39, 0.29) is 0 Å². The van der Waals surface area contributed by atoms with Crippen LogP contribution >= 0.6 is 12.2 Å². The summed E-state index contributed by atoms with van der Waals surface area (Å²) in [7, 11) is 1.63. The number of benzene rings is 1. The highest BCUT2D eigenvalue weighted by Gasteiger charge is 1.98. The minimum absolute atomic E-state index is 0.449. The van der Waals surface area contributed by atoms with Crippen molar-refractivity contribution >= 4 is 23.0 Å². The molecule has 0 amide bonds. The van der Waals surface area contributed by atoms with Crippen molar-refractivity contribution in [3.05, 3.63) is 35.4 Å². The molecule has 0 saturated heterocycles. The maximum atomic E-state index is 8.72. The molecule has 1 aromatic rings. The Bertz CT molecular complexity index is 490. The molecule has 0 spiro atoms. The minimum Gasteiger partial charge on any atom is -0.383 e. The van der Waals surface area contributed by atoms with Crippen LogP contribution in [0.3, 0.4) is 0 Å². The molecule has 0 saturated carbocycles. The van der Waals surface area contributed by atoms with Gasteiger partial charge in [0.2, 0.25) is 0 Å². The van der Waals surface area contributed by atoms with E-state index in [0.29, 0.717) is 23.8 Å². The van der Waals surface area contributed by atoms with Crippen molar-refractivity contribution in [1.82, 2.24) is 10.7 Å². The van der Waals surface area contributed by atoms with E-state index < -0.39 is 0 Å². The molecule has 19 heavy (non-hydrogen) atoms. The summed E-state index contributed by atoms with van der Waals surface area (Å²) >= 11 is 5.05. The van der Waals surface area contributed by atoms with Crippen molar-refractivity contribution in [2.75, 3.05) is 20.3 Å². The van der Waals surface area contributed by atoms with Gasteiger partial charge in [0.25, 0.3) is 0 Å². The maximum Gasteiger partial charge on any atom is 0.187 e. The van der Waals surface area contributed by atoms with Crippen LogP contribution in [-0.4, -0.2) is 31.1 Å². The van der Waals surface area contributed by atoms with Gasteiger partial charge in [-0.25, -0.2) is 0 Å². The highest BCUT2D eigenvalue weighted by atomic mass is 32.1. The van der Waals surface area contributed by atoms with E-state index in [9.17, 15) is 0 Å². The monoisotopic (exact) mass is 276 g/mol. The highest BCUT2D eigenvalue weighted by Crippen LogP contribution is 2.04. The quantitative estimate of drug-likeness (QED) is 0.368. The van der Waals surface area contributed by atoms with Crippen molar-refractivity contribution < 1.29 is 4.74 Å². The molecule has 0 radical (unpaired) electrons. The van der Waals surface area contributed by atoms with Crippen molar-refractivity contribution in [3.63, 3.8) is 0 Å². The molecule has 5 nitrogen and oxygen atoms in total. The summed E-state index contributed by atoms with van der Waals surface area (Å²) in [5.74, 6) is 0. The van der Waals surface area contributed by atoms with Crippen LogP contribution < -0.4 is 10.7 Å². The van der Waals surface area contributed by atoms with Crippen molar-refractivity contribution in [1.29, 1.82) is 5.26 Å². The number of hydrogen-bond donors (Lipinski definition) is 2. The van der Waals surface area contributed by atoms with E-state index in [2.05, 4.69) is 21.9 Å². The Morgan fingerprint density at radius 1 is 1.42 bits per heavy atom. The molecule has 0 aliphatic heterocycles. The van der Waals surface area contributed by atoms with Crippen LogP contribution in [0, 0.1) is 11.3 Å². The van der Waals surface area contributed by atoms with Crippen LogP contribution in [0.4, 0.5) is 0 Å². The van der Waals surface area contributed by atoms with Gasteiger partial charge in [-0.05, 0) is 36.8 Å². The highest BCUT2D eigenvalue weighted by molar-refractivity contribution is 7.80. The molecule has 0 aliphatic rings. The minimum atomic E-state index is 0.449. The fourth-order valence-corrected chi connectivity index (χ4v) is 1.44. The van der Waals surface area contributed by atoms with Crippen LogP contribution in [-0.2, 0) is 4.74 Å². The Morgan fingerprint density at radius 3 is 2.68 bits per heavy atom. The Labute approximate surface area is 118 Å². The second-order valence-electron chi connectivity index (χ2n) is 3.75. The van der Waals surface area contributed by atoms with Gasteiger partial charge in [-0.2, -0.15) is 10.4 Å². The van der Waals surface area contributed by atoms with Gasteiger partial charge in [-0.3, -0.25) is 5.43 Å². The van der Waals surface area contributed by atoms with E-state index >= 15 is 0 Å². The average molecular weight is 276 g/mol. The standard InChI is InChI=1S/C13H16N4OS/c1-10(12-5-3-11(9-14)4-6-12)16-17-13(19)15-7-8-18-2/h3-6H,7-8H2,1-2H3,(H2,15,17,19)/b16-10+. The first-order chi connectivity index (χ1) is 9.17. The molecule has 0 unspecified atom stereocenters. The SMILES string of the molecule is COCCNC(=S)N/N=C(\C)c1ccc(C#N)cc1. The molecule has 0 atom stereocenters. The lowest BCUT2D eigenvalue weighted by Crippen LogP contribution is -2.34. The van der Waals surface area contributed by atoms with E-state index in [1.54, 1.807) is 19.2 Å². The number of thiocarbonyl (C=S) groups is 1. The molecule has 0 heterocycles. The first-order valence-electron chi connectivity index (χ1n) is 5.75. The van der Waals surface area contributed by atoms with Crippen LogP contribution in [0.5, 0.6) is 0 Å². The van der Waals surface area contributed by atoms with Gasteiger partial charge in [-0.1, -0.05) is 12.1 Å². The second kappa shape index (κ2) is 8.19. The van der Waals surface area contributed by atoms with E-state index in [0.717, 1.165) is 11.3 Å². The summed E-state index contributed by atoms with van der Waals surface area (Å²) in [5, 5.41) is 16.3. The number of nitrogens with one attached hydrogen (secondary N) is 2. The van der Waals surface area contributed by atoms with Gasteiger partial charge in [0.05, 0.1) is 24.0 Å². The molecule has 100 valence electrons. The largest absolute Gasteiger partial charge is 0.383 e. The second-order valence-corrected chi connectivity index (χ2v) is 4.16. The van der Waals surface area contributed by atoms with Gasteiger partial charge in [0, 0.05) is 13.7 Å². The van der Waals surface area contributed by atoms with Crippen LogP contribution in [0.1, 0.15) is 18.1 Å². The van der Waals surface area contributed by atoms with Crippen LogP contribution in [0.25, 0.3) is 0 Å².